The average Bonchev–Trinajstić information content (AvgIpc) is 2.68. The molecule has 1 N–H and O–H groups in total. The lowest BCUT2D eigenvalue weighted by atomic mass is 10.2. The van der Waals surface area contributed by atoms with Crippen molar-refractivity contribution in [3.05, 3.63) is 42.2 Å². The van der Waals surface area contributed by atoms with Crippen LogP contribution in [0.5, 0.6) is 5.75 Å². The van der Waals surface area contributed by atoms with Crippen molar-refractivity contribution in [2.24, 2.45) is 0 Å². The summed E-state index contributed by atoms with van der Waals surface area (Å²) < 4.78 is 5.22. The van der Waals surface area contributed by atoms with Crippen LogP contribution in [0.1, 0.15) is 10.4 Å². The highest BCUT2D eigenvalue weighted by Gasteiger charge is 2.18. The third kappa shape index (κ3) is 3.85. The molecule has 25 heavy (non-hydrogen) atoms. The molecule has 0 radical (unpaired) electrons. The first kappa shape index (κ1) is 16.7. The third-order valence-corrected chi connectivity index (χ3v) is 4.00. The fraction of sp³-hybridized carbons (Fsp3) is 0.294. The van der Waals surface area contributed by atoms with Crippen LogP contribution in [0.3, 0.4) is 0 Å². The minimum Gasteiger partial charge on any atom is -0.495 e. The number of carbonyl (C=O) groups is 2. The Morgan fingerprint density at radius 1 is 1.16 bits per heavy atom. The number of ether oxygens (including phenoxy) is 1. The van der Waals surface area contributed by atoms with Crippen LogP contribution in [0.15, 0.2) is 36.7 Å². The predicted octanol–water partition coefficient (Wildman–Crippen LogP) is 1.02. The first-order valence-electron chi connectivity index (χ1n) is 7.92. The molecule has 3 rings (SSSR count). The largest absolute Gasteiger partial charge is 0.495 e. The van der Waals surface area contributed by atoms with E-state index in [1.807, 2.05) is 17.0 Å². The summed E-state index contributed by atoms with van der Waals surface area (Å²) in [5, 5.41) is 2.79. The lowest BCUT2D eigenvalue weighted by Crippen LogP contribution is -2.46. The number of nitrogens with one attached hydrogen (secondary N) is 1. The van der Waals surface area contributed by atoms with Crippen LogP contribution in [0.4, 0.5) is 11.6 Å². The molecular weight excluding hydrogens is 322 g/mol. The number of rotatable bonds is 5. The van der Waals surface area contributed by atoms with Gasteiger partial charge >= 0.3 is 0 Å². The molecule has 0 atom stereocenters. The minimum atomic E-state index is -0.304. The monoisotopic (exact) mass is 341 g/mol. The molecular formula is C17H19N5O3. The standard InChI is InChI=1S/C17H19N5O3/c1-25-15-5-3-2-4-14(15)20-16(24)13-10-18-17(19-11-13)22-8-6-21(12-23)7-9-22/h2-5,10-12H,6-9H2,1H3,(H,20,24). The van der Waals surface area contributed by atoms with Gasteiger partial charge in [0.1, 0.15) is 5.75 Å². The van der Waals surface area contributed by atoms with E-state index in [4.69, 9.17) is 4.74 Å². The van der Waals surface area contributed by atoms with Crippen molar-refractivity contribution in [1.82, 2.24) is 14.9 Å². The first-order chi connectivity index (χ1) is 12.2. The Morgan fingerprint density at radius 2 is 1.84 bits per heavy atom. The van der Waals surface area contributed by atoms with E-state index in [1.165, 1.54) is 12.4 Å². The minimum absolute atomic E-state index is 0.304. The second kappa shape index (κ2) is 7.61. The van der Waals surface area contributed by atoms with Crippen molar-refractivity contribution in [2.45, 2.75) is 0 Å². The van der Waals surface area contributed by atoms with E-state index >= 15 is 0 Å². The number of piperazine rings is 1. The Balaban J connectivity index is 1.66. The van der Waals surface area contributed by atoms with E-state index in [9.17, 15) is 9.59 Å². The van der Waals surface area contributed by atoms with Gasteiger partial charge in [-0.15, -0.1) is 0 Å². The molecule has 2 aromatic rings. The normalized spacial score (nSPS) is 14.1. The maximum atomic E-state index is 12.3. The summed E-state index contributed by atoms with van der Waals surface area (Å²) in [6.07, 6.45) is 3.85. The number of hydrogen-bond donors (Lipinski definition) is 1. The van der Waals surface area contributed by atoms with E-state index in [0.717, 1.165) is 6.41 Å². The predicted molar refractivity (Wildman–Crippen MR) is 92.8 cm³/mol. The average molecular weight is 341 g/mol. The van der Waals surface area contributed by atoms with Gasteiger partial charge in [0.05, 0.1) is 18.4 Å². The van der Waals surface area contributed by atoms with Gasteiger partial charge in [0.2, 0.25) is 12.4 Å². The van der Waals surface area contributed by atoms with Gasteiger partial charge in [-0.1, -0.05) is 12.1 Å². The van der Waals surface area contributed by atoms with Crippen LogP contribution < -0.4 is 15.0 Å². The second-order valence-corrected chi connectivity index (χ2v) is 5.55. The molecule has 2 amide bonds. The Morgan fingerprint density at radius 3 is 2.48 bits per heavy atom. The van der Waals surface area contributed by atoms with Gasteiger partial charge in [0, 0.05) is 38.6 Å². The van der Waals surface area contributed by atoms with Gasteiger partial charge in [-0.3, -0.25) is 9.59 Å². The van der Waals surface area contributed by atoms with Crippen LogP contribution in [0.25, 0.3) is 0 Å². The zero-order valence-electron chi connectivity index (χ0n) is 13.9. The zero-order chi connectivity index (χ0) is 17.6. The van der Waals surface area contributed by atoms with Crippen molar-refractivity contribution in [3.8, 4) is 5.75 Å². The highest BCUT2D eigenvalue weighted by atomic mass is 16.5. The number of nitrogens with zero attached hydrogens (tertiary/aromatic N) is 4. The van der Waals surface area contributed by atoms with Gasteiger partial charge in [-0.2, -0.15) is 0 Å². The van der Waals surface area contributed by atoms with E-state index in [2.05, 4.69) is 15.3 Å². The number of carbonyl (C=O) groups excluding carboxylic acids is 2. The van der Waals surface area contributed by atoms with Gasteiger partial charge in [0.15, 0.2) is 0 Å². The molecule has 1 fully saturated rings. The molecule has 0 spiro atoms. The number of hydrogen-bond acceptors (Lipinski definition) is 6. The SMILES string of the molecule is COc1ccccc1NC(=O)c1cnc(N2CCN(C=O)CC2)nc1. The summed E-state index contributed by atoms with van der Waals surface area (Å²) in [4.78, 5) is 35.3. The zero-order valence-corrected chi connectivity index (χ0v) is 13.9. The number of amides is 2. The quantitative estimate of drug-likeness (QED) is 0.817. The van der Waals surface area contributed by atoms with Crippen molar-refractivity contribution in [1.29, 1.82) is 0 Å². The second-order valence-electron chi connectivity index (χ2n) is 5.55. The van der Waals surface area contributed by atoms with Gasteiger partial charge in [0.25, 0.3) is 5.91 Å². The molecule has 8 nitrogen and oxygen atoms in total. The molecule has 1 aliphatic rings. The van der Waals surface area contributed by atoms with Crippen LogP contribution in [0.2, 0.25) is 0 Å². The van der Waals surface area contributed by atoms with Crippen LogP contribution in [0, 0.1) is 0 Å². The molecule has 1 saturated heterocycles. The van der Waals surface area contributed by atoms with Gasteiger partial charge < -0.3 is 19.9 Å². The molecule has 0 aliphatic carbocycles. The van der Waals surface area contributed by atoms with Crippen LogP contribution >= 0.6 is 0 Å². The maximum absolute atomic E-state index is 12.3. The lowest BCUT2D eigenvalue weighted by molar-refractivity contribution is -0.118. The lowest BCUT2D eigenvalue weighted by Gasteiger charge is -2.32. The summed E-state index contributed by atoms with van der Waals surface area (Å²) >= 11 is 0. The number of methoxy groups -OCH3 is 1. The molecule has 130 valence electrons. The molecule has 2 heterocycles. The van der Waals surface area contributed by atoms with Crippen molar-refractivity contribution >= 4 is 24.0 Å². The van der Waals surface area contributed by atoms with E-state index in [1.54, 1.807) is 24.1 Å². The third-order valence-electron chi connectivity index (χ3n) is 4.00. The summed E-state index contributed by atoms with van der Waals surface area (Å²) in [6.45, 7) is 2.63. The molecule has 0 bridgehead atoms. The highest BCUT2D eigenvalue weighted by molar-refractivity contribution is 6.04. The van der Waals surface area contributed by atoms with E-state index in [0.29, 0.717) is 49.1 Å². The highest BCUT2D eigenvalue weighted by Crippen LogP contribution is 2.23. The van der Waals surface area contributed by atoms with Gasteiger partial charge in [-0.05, 0) is 12.1 Å². The van der Waals surface area contributed by atoms with Gasteiger partial charge in [-0.25, -0.2) is 9.97 Å². The summed E-state index contributed by atoms with van der Waals surface area (Å²) in [5.74, 6) is 0.836. The van der Waals surface area contributed by atoms with Crippen molar-refractivity contribution < 1.29 is 14.3 Å². The topological polar surface area (TPSA) is 87.7 Å². The Bertz CT molecular complexity index is 742. The maximum Gasteiger partial charge on any atom is 0.258 e. The summed E-state index contributed by atoms with van der Waals surface area (Å²) in [6, 6.07) is 7.18. The smallest absolute Gasteiger partial charge is 0.258 e. The molecule has 8 heteroatoms. The number of benzene rings is 1. The fourth-order valence-corrected chi connectivity index (χ4v) is 2.57. The fourth-order valence-electron chi connectivity index (χ4n) is 2.57. The number of aromatic nitrogens is 2. The first-order valence-corrected chi connectivity index (χ1v) is 7.92. The van der Waals surface area contributed by atoms with E-state index < -0.39 is 0 Å². The van der Waals surface area contributed by atoms with Crippen molar-refractivity contribution in [3.63, 3.8) is 0 Å². The molecule has 0 unspecified atom stereocenters. The van der Waals surface area contributed by atoms with Crippen LogP contribution in [-0.4, -0.2) is 60.5 Å². The molecule has 1 aliphatic heterocycles. The molecule has 1 aromatic heterocycles. The summed E-state index contributed by atoms with van der Waals surface area (Å²) in [7, 11) is 1.55. The molecule has 1 aromatic carbocycles. The number of para-hydroxylation sites is 2. The Hall–Kier alpha value is -3.16. The van der Waals surface area contributed by atoms with Crippen LogP contribution in [-0.2, 0) is 4.79 Å². The van der Waals surface area contributed by atoms with E-state index in [-0.39, 0.29) is 5.91 Å². The van der Waals surface area contributed by atoms with Crippen molar-refractivity contribution in [2.75, 3.05) is 43.5 Å². The molecule has 0 saturated carbocycles. The summed E-state index contributed by atoms with van der Waals surface area (Å²) in [5.41, 5.74) is 0.949. The Kier molecular flexibility index (Phi) is 5.08. The Labute approximate surface area is 145 Å². The number of anilines is 2.